The lowest BCUT2D eigenvalue weighted by atomic mass is 9.87. The van der Waals surface area contributed by atoms with Crippen molar-refractivity contribution in [2.24, 2.45) is 5.92 Å². The first kappa shape index (κ1) is 17.4. The molecular weight excluding hydrogens is 309 g/mol. The molecule has 0 radical (unpaired) electrons. The van der Waals surface area contributed by atoms with E-state index >= 15 is 0 Å². The van der Waals surface area contributed by atoms with Crippen molar-refractivity contribution in [1.82, 2.24) is 5.32 Å². The monoisotopic (exact) mass is 330 g/mol. The number of carbonyl (C=O) groups is 1. The normalized spacial score (nSPS) is 21.6. The summed E-state index contributed by atoms with van der Waals surface area (Å²) in [7, 11) is 0. The quantitative estimate of drug-likeness (QED) is 0.866. The molecule has 128 valence electrons. The van der Waals surface area contributed by atoms with E-state index in [1.807, 2.05) is 0 Å². The molecule has 2 rings (SSSR count). The van der Waals surface area contributed by atoms with Crippen molar-refractivity contribution in [3.8, 4) is 5.75 Å². The molecule has 1 amide bonds. The third-order valence-electron chi connectivity index (χ3n) is 3.92. The summed E-state index contributed by atoms with van der Waals surface area (Å²) >= 11 is 0. The van der Waals surface area contributed by atoms with Gasteiger partial charge in [0.15, 0.2) is 0 Å². The van der Waals surface area contributed by atoms with Gasteiger partial charge in [0.2, 0.25) is 5.91 Å². The topological polar surface area (TPSA) is 50.4 Å². The van der Waals surface area contributed by atoms with Crippen molar-refractivity contribution >= 4 is 11.6 Å². The van der Waals surface area contributed by atoms with Gasteiger partial charge in [0, 0.05) is 11.7 Å². The van der Waals surface area contributed by atoms with Crippen molar-refractivity contribution in [3.05, 3.63) is 24.3 Å². The third kappa shape index (κ3) is 6.38. The molecule has 0 heterocycles. The number of halogens is 3. The average Bonchev–Trinajstić information content (AvgIpc) is 2.47. The van der Waals surface area contributed by atoms with Crippen LogP contribution in [-0.2, 0) is 4.79 Å². The first-order valence-corrected chi connectivity index (χ1v) is 7.71. The zero-order valence-electron chi connectivity index (χ0n) is 13.0. The van der Waals surface area contributed by atoms with E-state index in [4.69, 9.17) is 0 Å². The first-order valence-electron chi connectivity index (χ1n) is 7.71. The van der Waals surface area contributed by atoms with E-state index in [-0.39, 0.29) is 24.2 Å². The molecule has 1 aromatic carbocycles. The van der Waals surface area contributed by atoms with Gasteiger partial charge in [-0.15, -0.1) is 13.2 Å². The molecule has 1 aliphatic carbocycles. The fraction of sp³-hybridized carbons (Fsp3) is 0.562. The van der Waals surface area contributed by atoms with Gasteiger partial charge in [-0.05, 0) is 55.9 Å². The van der Waals surface area contributed by atoms with Crippen LogP contribution in [0, 0.1) is 5.92 Å². The smallest absolute Gasteiger partial charge is 0.406 e. The predicted molar refractivity (Wildman–Crippen MR) is 81.2 cm³/mol. The van der Waals surface area contributed by atoms with Gasteiger partial charge in [-0.3, -0.25) is 4.79 Å². The molecular formula is C16H21F3N2O2. The number of alkyl halides is 3. The summed E-state index contributed by atoms with van der Waals surface area (Å²) < 4.78 is 39.9. The molecule has 4 nitrogen and oxygen atoms in total. The summed E-state index contributed by atoms with van der Waals surface area (Å²) in [5.74, 6) is 0.322. The van der Waals surface area contributed by atoms with Crippen LogP contribution in [0.15, 0.2) is 24.3 Å². The fourth-order valence-corrected chi connectivity index (χ4v) is 2.64. The van der Waals surface area contributed by atoms with E-state index in [0.717, 1.165) is 31.6 Å². The molecule has 1 saturated carbocycles. The first-order chi connectivity index (χ1) is 10.8. The van der Waals surface area contributed by atoms with Gasteiger partial charge in [0.25, 0.3) is 0 Å². The van der Waals surface area contributed by atoms with Crippen molar-refractivity contribution in [2.45, 2.75) is 45.0 Å². The van der Waals surface area contributed by atoms with Crippen LogP contribution >= 0.6 is 0 Å². The van der Waals surface area contributed by atoms with Gasteiger partial charge in [0.05, 0.1) is 6.54 Å². The lowest BCUT2D eigenvalue weighted by Gasteiger charge is -2.27. The number of anilines is 1. The van der Waals surface area contributed by atoms with E-state index in [2.05, 4.69) is 22.3 Å². The minimum Gasteiger partial charge on any atom is -0.406 e. The number of ether oxygens (including phenoxy) is 1. The molecule has 0 unspecified atom stereocenters. The summed E-state index contributed by atoms with van der Waals surface area (Å²) in [5.41, 5.74) is 0.562. The number of benzene rings is 1. The number of amides is 1. The van der Waals surface area contributed by atoms with Crippen LogP contribution in [0.5, 0.6) is 5.75 Å². The van der Waals surface area contributed by atoms with Gasteiger partial charge in [-0.25, -0.2) is 0 Å². The largest absolute Gasteiger partial charge is 0.573 e. The third-order valence-corrected chi connectivity index (χ3v) is 3.92. The van der Waals surface area contributed by atoms with E-state index in [1.165, 1.54) is 24.3 Å². The number of rotatable bonds is 5. The number of hydrogen-bond donors (Lipinski definition) is 2. The van der Waals surface area contributed by atoms with Gasteiger partial charge < -0.3 is 15.4 Å². The van der Waals surface area contributed by atoms with Crippen LogP contribution < -0.4 is 15.4 Å². The summed E-state index contributed by atoms with van der Waals surface area (Å²) in [6.45, 7) is 2.30. The van der Waals surface area contributed by atoms with Crippen molar-refractivity contribution < 1.29 is 22.7 Å². The highest BCUT2D eigenvalue weighted by atomic mass is 19.4. The highest BCUT2D eigenvalue weighted by Gasteiger charge is 2.30. The molecule has 1 aromatic rings. The molecule has 0 aliphatic heterocycles. The van der Waals surface area contributed by atoms with Gasteiger partial charge in [0.1, 0.15) is 5.75 Å². The zero-order chi connectivity index (χ0) is 16.9. The molecule has 0 atom stereocenters. The highest BCUT2D eigenvalue weighted by Crippen LogP contribution is 2.24. The van der Waals surface area contributed by atoms with Crippen LogP contribution in [0.4, 0.5) is 18.9 Å². The molecule has 1 aliphatic rings. The Hall–Kier alpha value is -1.92. The van der Waals surface area contributed by atoms with E-state index in [9.17, 15) is 18.0 Å². The maximum atomic E-state index is 12.1. The Morgan fingerprint density at radius 2 is 1.78 bits per heavy atom. The Morgan fingerprint density at radius 1 is 1.17 bits per heavy atom. The minimum atomic E-state index is -4.70. The molecule has 0 bridgehead atoms. The molecule has 0 spiro atoms. The second-order valence-corrected chi connectivity index (χ2v) is 5.95. The van der Waals surface area contributed by atoms with Crippen LogP contribution in [0.25, 0.3) is 0 Å². The average molecular weight is 330 g/mol. The Morgan fingerprint density at radius 3 is 2.35 bits per heavy atom. The molecule has 1 fully saturated rings. The molecule has 0 aromatic heterocycles. The lowest BCUT2D eigenvalue weighted by Crippen LogP contribution is -2.40. The molecule has 0 saturated heterocycles. The van der Waals surface area contributed by atoms with Crippen LogP contribution in [0.1, 0.15) is 32.6 Å². The van der Waals surface area contributed by atoms with Crippen LogP contribution in [0.3, 0.4) is 0 Å². The second-order valence-electron chi connectivity index (χ2n) is 5.95. The Balaban J connectivity index is 1.73. The lowest BCUT2D eigenvalue weighted by molar-refractivity contribution is -0.274. The number of nitrogens with one attached hydrogen (secondary N) is 2. The van der Waals surface area contributed by atoms with E-state index in [1.54, 1.807) is 0 Å². The highest BCUT2D eigenvalue weighted by molar-refractivity contribution is 5.81. The Labute approximate surface area is 133 Å². The van der Waals surface area contributed by atoms with Crippen molar-refractivity contribution in [1.29, 1.82) is 0 Å². The van der Waals surface area contributed by atoms with Crippen LogP contribution in [0.2, 0.25) is 0 Å². The zero-order valence-corrected chi connectivity index (χ0v) is 13.0. The van der Waals surface area contributed by atoms with E-state index < -0.39 is 6.36 Å². The summed E-state index contributed by atoms with van der Waals surface area (Å²) in [6.07, 6.45) is -0.461. The number of hydrogen-bond acceptors (Lipinski definition) is 3. The minimum absolute atomic E-state index is 0.0888. The summed E-state index contributed by atoms with van der Waals surface area (Å²) in [4.78, 5) is 11.9. The standard InChI is InChI=1S/C16H21F3N2O2/c1-11-2-4-13(5-3-11)21-15(22)10-20-12-6-8-14(9-7-12)23-16(17,18)19/h6-9,11,13,20H,2-5,10H2,1H3,(H,21,22). The second kappa shape index (κ2) is 7.57. The maximum absolute atomic E-state index is 12.1. The van der Waals surface area contributed by atoms with Crippen molar-refractivity contribution in [3.63, 3.8) is 0 Å². The maximum Gasteiger partial charge on any atom is 0.573 e. The summed E-state index contributed by atoms with van der Waals surface area (Å²) in [6, 6.07) is 5.52. The van der Waals surface area contributed by atoms with Crippen LogP contribution in [-0.4, -0.2) is 24.9 Å². The fourth-order valence-electron chi connectivity index (χ4n) is 2.64. The SMILES string of the molecule is CC1CCC(NC(=O)CNc2ccc(OC(F)(F)F)cc2)CC1. The van der Waals surface area contributed by atoms with Gasteiger partial charge in [-0.1, -0.05) is 6.92 Å². The van der Waals surface area contributed by atoms with Gasteiger partial charge in [-0.2, -0.15) is 0 Å². The predicted octanol–water partition coefficient (Wildman–Crippen LogP) is 3.69. The Kier molecular flexibility index (Phi) is 5.74. The summed E-state index contributed by atoms with van der Waals surface area (Å²) in [5, 5.41) is 5.86. The van der Waals surface area contributed by atoms with Gasteiger partial charge >= 0.3 is 6.36 Å². The molecule has 2 N–H and O–H groups in total. The van der Waals surface area contributed by atoms with Crippen molar-refractivity contribution in [2.75, 3.05) is 11.9 Å². The molecule has 7 heteroatoms. The Bertz CT molecular complexity index is 509. The van der Waals surface area contributed by atoms with E-state index in [0.29, 0.717) is 5.69 Å². The number of carbonyl (C=O) groups excluding carboxylic acids is 1. The molecule has 23 heavy (non-hydrogen) atoms.